The van der Waals surface area contributed by atoms with Crippen molar-refractivity contribution >= 4 is 10.0 Å². The van der Waals surface area contributed by atoms with Crippen molar-refractivity contribution in [3.63, 3.8) is 0 Å². The van der Waals surface area contributed by atoms with Crippen LogP contribution in [0, 0.1) is 11.6 Å². The normalized spacial score (nSPS) is 19.6. The first-order valence-corrected chi connectivity index (χ1v) is 8.25. The van der Waals surface area contributed by atoms with Crippen molar-refractivity contribution in [2.45, 2.75) is 24.2 Å². The second-order valence-corrected chi connectivity index (χ2v) is 7.12. The van der Waals surface area contributed by atoms with Gasteiger partial charge in [-0.25, -0.2) is 22.3 Å². The summed E-state index contributed by atoms with van der Waals surface area (Å²) in [6, 6.07) is 2.93. The average molecular weight is 320 g/mol. The van der Waals surface area contributed by atoms with Crippen LogP contribution in [0.4, 0.5) is 8.78 Å². The van der Waals surface area contributed by atoms with Crippen LogP contribution in [0.15, 0.2) is 18.2 Å². The third-order valence-electron chi connectivity index (χ3n) is 3.75. The molecule has 3 N–H and O–H groups in total. The summed E-state index contributed by atoms with van der Waals surface area (Å²) in [6.45, 7) is 1.00. The number of nitrogens with zero attached hydrogens (tertiary/aromatic N) is 1. The average Bonchev–Trinajstić information content (AvgIpc) is 2.41. The highest BCUT2D eigenvalue weighted by molar-refractivity contribution is 7.89. The van der Waals surface area contributed by atoms with Crippen molar-refractivity contribution in [1.82, 2.24) is 4.90 Å². The first-order valence-electron chi connectivity index (χ1n) is 6.64. The second-order valence-electron chi connectivity index (χ2n) is 5.27. The molecule has 1 heterocycles. The molecule has 1 fully saturated rings. The Morgan fingerprint density at radius 1 is 1.33 bits per heavy atom. The van der Waals surface area contributed by atoms with Gasteiger partial charge in [0.15, 0.2) is 0 Å². The van der Waals surface area contributed by atoms with E-state index in [0.29, 0.717) is 25.9 Å². The van der Waals surface area contributed by atoms with E-state index in [9.17, 15) is 22.3 Å². The van der Waals surface area contributed by atoms with Gasteiger partial charge in [-0.3, -0.25) is 0 Å². The molecule has 1 atom stereocenters. The minimum Gasteiger partial charge on any atom is -0.387 e. The number of rotatable bonds is 4. The van der Waals surface area contributed by atoms with Crippen LogP contribution in [0.3, 0.4) is 0 Å². The fourth-order valence-electron chi connectivity index (χ4n) is 2.53. The number of β-amino-alcohol motifs (C(OH)–C–C–N with tert-alkyl or cyclic N) is 1. The van der Waals surface area contributed by atoms with Gasteiger partial charge in [0.2, 0.25) is 10.0 Å². The molecule has 1 aliphatic heterocycles. The molecule has 118 valence electrons. The molecule has 0 bridgehead atoms. The van der Waals surface area contributed by atoms with Crippen molar-refractivity contribution in [1.29, 1.82) is 0 Å². The standard InChI is InChI=1S/C13H18F2N2O3S/c14-9-1-2-12(15)11(7-9)13(18)8-17-5-3-10(4-6-17)21(16,19)20/h1-2,7,10,13,18H,3-6,8H2,(H2,16,19,20). The van der Waals surface area contributed by atoms with Gasteiger partial charge in [-0.2, -0.15) is 0 Å². The van der Waals surface area contributed by atoms with Crippen molar-refractivity contribution in [2.75, 3.05) is 19.6 Å². The molecule has 0 spiro atoms. The van der Waals surface area contributed by atoms with Gasteiger partial charge in [-0.1, -0.05) is 0 Å². The van der Waals surface area contributed by atoms with Crippen molar-refractivity contribution < 1.29 is 22.3 Å². The molecule has 1 aliphatic rings. The number of hydrogen-bond donors (Lipinski definition) is 2. The Morgan fingerprint density at radius 2 is 1.95 bits per heavy atom. The third-order valence-corrected chi connectivity index (χ3v) is 5.15. The highest BCUT2D eigenvalue weighted by Crippen LogP contribution is 2.22. The van der Waals surface area contributed by atoms with Crippen LogP contribution >= 0.6 is 0 Å². The van der Waals surface area contributed by atoms with Crippen LogP contribution in [0.1, 0.15) is 24.5 Å². The van der Waals surface area contributed by atoms with Crippen molar-refractivity contribution in [3.05, 3.63) is 35.4 Å². The first kappa shape index (κ1) is 16.3. The first-order chi connectivity index (χ1) is 9.77. The van der Waals surface area contributed by atoms with Crippen LogP contribution in [-0.2, 0) is 10.0 Å². The third kappa shape index (κ3) is 4.19. The fraction of sp³-hybridized carbons (Fsp3) is 0.538. The Labute approximate surface area is 122 Å². The fourth-order valence-corrected chi connectivity index (χ4v) is 3.40. The molecule has 0 saturated carbocycles. The molecule has 1 unspecified atom stereocenters. The zero-order valence-corrected chi connectivity index (χ0v) is 12.2. The maximum Gasteiger partial charge on any atom is 0.212 e. The zero-order valence-electron chi connectivity index (χ0n) is 11.4. The van der Waals surface area contributed by atoms with Crippen LogP contribution < -0.4 is 5.14 Å². The topological polar surface area (TPSA) is 83.6 Å². The Morgan fingerprint density at radius 3 is 2.52 bits per heavy atom. The van der Waals surface area contributed by atoms with E-state index in [1.165, 1.54) is 0 Å². The Bertz CT molecular complexity index is 601. The van der Waals surface area contributed by atoms with E-state index in [0.717, 1.165) is 18.2 Å². The summed E-state index contributed by atoms with van der Waals surface area (Å²) < 4.78 is 49.1. The Balaban J connectivity index is 1.96. The molecule has 5 nitrogen and oxygen atoms in total. The van der Waals surface area contributed by atoms with E-state index in [2.05, 4.69) is 0 Å². The maximum absolute atomic E-state index is 13.6. The second kappa shape index (κ2) is 6.35. The SMILES string of the molecule is NS(=O)(=O)C1CCN(CC(O)c2cc(F)ccc2F)CC1. The monoisotopic (exact) mass is 320 g/mol. The van der Waals surface area contributed by atoms with Gasteiger partial charge in [0.05, 0.1) is 11.4 Å². The lowest BCUT2D eigenvalue weighted by Crippen LogP contribution is -2.43. The predicted octanol–water partition coefficient (Wildman–Crippen LogP) is 0.751. The molecule has 21 heavy (non-hydrogen) atoms. The van der Waals surface area contributed by atoms with Gasteiger partial charge in [-0.05, 0) is 44.1 Å². The highest BCUT2D eigenvalue weighted by Gasteiger charge is 2.28. The van der Waals surface area contributed by atoms with Crippen LogP contribution in [0.2, 0.25) is 0 Å². The minimum atomic E-state index is -3.54. The molecule has 8 heteroatoms. The number of hydrogen-bond acceptors (Lipinski definition) is 4. The smallest absolute Gasteiger partial charge is 0.212 e. The van der Waals surface area contributed by atoms with Crippen LogP contribution in [-0.4, -0.2) is 43.3 Å². The summed E-state index contributed by atoms with van der Waals surface area (Å²) in [5.41, 5.74) is -0.0939. The van der Waals surface area contributed by atoms with Gasteiger partial charge in [0, 0.05) is 12.1 Å². The van der Waals surface area contributed by atoms with Gasteiger partial charge in [0.1, 0.15) is 11.6 Å². The van der Waals surface area contributed by atoms with Crippen molar-refractivity contribution in [2.24, 2.45) is 5.14 Å². The van der Waals surface area contributed by atoms with Gasteiger partial charge < -0.3 is 10.0 Å². The lowest BCUT2D eigenvalue weighted by atomic mass is 10.1. The van der Waals surface area contributed by atoms with Gasteiger partial charge in [0.25, 0.3) is 0 Å². The molecule has 1 aromatic carbocycles. The molecule has 0 amide bonds. The lowest BCUT2D eigenvalue weighted by Gasteiger charge is -2.32. The number of primary sulfonamides is 1. The number of likely N-dealkylation sites (tertiary alicyclic amines) is 1. The number of aliphatic hydroxyl groups excluding tert-OH is 1. The van der Waals surface area contributed by atoms with E-state index in [-0.39, 0.29) is 12.1 Å². The summed E-state index contributed by atoms with van der Waals surface area (Å²) in [4.78, 5) is 1.82. The van der Waals surface area contributed by atoms with E-state index in [4.69, 9.17) is 5.14 Å². The number of benzene rings is 1. The quantitative estimate of drug-likeness (QED) is 0.857. The van der Waals surface area contributed by atoms with Crippen LogP contribution in [0.25, 0.3) is 0 Å². The molecule has 0 aliphatic carbocycles. The summed E-state index contributed by atoms with van der Waals surface area (Å²) in [5, 5.41) is 14.5. The summed E-state index contributed by atoms with van der Waals surface area (Å²) in [6.07, 6.45) is -0.416. The molecule has 2 rings (SSSR count). The maximum atomic E-state index is 13.6. The highest BCUT2D eigenvalue weighted by atomic mass is 32.2. The number of halogens is 2. The Hall–Kier alpha value is -1.09. The van der Waals surface area contributed by atoms with E-state index < -0.39 is 33.0 Å². The molecule has 1 saturated heterocycles. The minimum absolute atomic E-state index is 0.0939. The summed E-state index contributed by atoms with van der Waals surface area (Å²) in [7, 11) is -3.54. The molecule has 0 radical (unpaired) electrons. The molecular formula is C13H18F2N2O3S. The van der Waals surface area contributed by atoms with Crippen molar-refractivity contribution in [3.8, 4) is 0 Å². The van der Waals surface area contributed by atoms with E-state index in [1.807, 2.05) is 4.90 Å². The van der Waals surface area contributed by atoms with E-state index in [1.54, 1.807) is 0 Å². The van der Waals surface area contributed by atoms with Crippen LogP contribution in [0.5, 0.6) is 0 Å². The number of nitrogens with two attached hydrogens (primary N) is 1. The summed E-state index contributed by atoms with van der Waals surface area (Å²) in [5.74, 6) is -1.28. The molecule has 1 aromatic rings. The van der Waals surface area contributed by atoms with E-state index >= 15 is 0 Å². The number of sulfonamides is 1. The largest absolute Gasteiger partial charge is 0.387 e. The number of piperidine rings is 1. The molecular weight excluding hydrogens is 302 g/mol. The predicted molar refractivity (Wildman–Crippen MR) is 73.9 cm³/mol. The number of aliphatic hydroxyl groups is 1. The zero-order chi connectivity index (χ0) is 15.6. The lowest BCUT2D eigenvalue weighted by molar-refractivity contribution is 0.0990. The van der Waals surface area contributed by atoms with Gasteiger partial charge in [-0.15, -0.1) is 0 Å². The Kier molecular flexibility index (Phi) is 4.92. The van der Waals surface area contributed by atoms with Gasteiger partial charge >= 0.3 is 0 Å². The summed E-state index contributed by atoms with van der Waals surface area (Å²) >= 11 is 0. The molecule has 0 aromatic heterocycles.